The van der Waals surface area contributed by atoms with Crippen LogP contribution in [0.1, 0.15) is 17.2 Å². The molecule has 1 saturated heterocycles. The third kappa shape index (κ3) is 3.23. The average Bonchev–Trinajstić information content (AvgIpc) is 3.37. The first-order valence-electron chi connectivity index (χ1n) is 8.61. The predicted octanol–water partition coefficient (Wildman–Crippen LogP) is 3.64. The van der Waals surface area contributed by atoms with Gasteiger partial charge in [0.1, 0.15) is 5.76 Å². The number of aliphatic hydroxyl groups excluding tert-OH is 1. The Bertz CT molecular complexity index is 1160. The second-order valence-electron chi connectivity index (χ2n) is 6.27. The molecular formula is C20H14BrN3O5S. The zero-order chi connectivity index (χ0) is 21.4. The quantitative estimate of drug-likeness (QED) is 0.328. The fourth-order valence-electron chi connectivity index (χ4n) is 3.25. The monoisotopic (exact) mass is 487 g/mol. The van der Waals surface area contributed by atoms with E-state index < -0.39 is 17.7 Å². The highest BCUT2D eigenvalue weighted by Gasteiger charge is 2.48. The van der Waals surface area contributed by atoms with Crippen LogP contribution in [0.2, 0.25) is 0 Å². The van der Waals surface area contributed by atoms with Crippen molar-refractivity contribution in [2.75, 3.05) is 12.0 Å². The van der Waals surface area contributed by atoms with Gasteiger partial charge in [-0.15, -0.1) is 11.3 Å². The Hall–Kier alpha value is -3.24. The molecule has 8 nitrogen and oxygen atoms in total. The van der Waals surface area contributed by atoms with Crippen LogP contribution in [0.25, 0.3) is 5.76 Å². The van der Waals surface area contributed by atoms with Crippen LogP contribution < -0.4 is 9.64 Å². The predicted molar refractivity (Wildman–Crippen MR) is 113 cm³/mol. The summed E-state index contributed by atoms with van der Waals surface area (Å²) in [6, 6.07) is 5.17. The van der Waals surface area contributed by atoms with Crippen molar-refractivity contribution in [1.29, 1.82) is 0 Å². The van der Waals surface area contributed by atoms with E-state index in [4.69, 9.17) is 4.74 Å². The SMILES string of the molecule is COc1cc(C2/C(=C(\O)c3ccncc3)C(=O)C(=O)N2c2nccs2)cc(Br)c1O. The molecule has 10 heteroatoms. The van der Waals surface area contributed by atoms with Gasteiger partial charge in [-0.25, -0.2) is 4.98 Å². The molecule has 1 atom stereocenters. The molecule has 30 heavy (non-hydrogen) atoms. The smallest absolute Gasteiger partial charge is 0.301 e. The zero-order valence-electron chi connectivity index (χ0n) is 15.4. The van der Waals surface area contributed by atoms with Crippen molar-refractivity contribution < 1.29 is 24.5 Å². The number of hydrogen-bond donors (Lipinski definition) is 2. The van der Waals surface area contributed by atoms with Crippen LogP contribution >= 0.6 is 27.3 Å². The van der Waals surface area contributed by atoms with Crippen molar-refractivity contribution in [1.82, 2.24) is 9.97 Å². The van der Waals surface area contributed by atoms with E-state index in [1.807, 2.05) is 0 Å². The third-order valence-corrected chi connectivity index (χ3v) is 5.99. The molecule has 1 unspecified atom stereocenters. The van der Waals surface area contributed by atoms with Gasteiger partial charge in [-0.2, -0.15) is 0 Å². The number of phenolic OH excluding ortho intramolecular Hbond substituents is 1. The van der Waals surface area contributed by atoms with Gasteiger partial charge in [0.25, 0.3) is 5.78 Å². The summed E-state index contributed by atoms with van der Waals surface area (Å²) in [6.07, 6.45) is 4.47. The number of benzene rings is 1. The lowest BCUT2D eigenvalue weighted by Crippen LogP contribution is -2.29. The summed E-state index contributed by atoms with van der Waals surface area (Å²) < 4.78 is 5.53. The lowest BCUT2D eigenvalue weighted by atomic mass is 9.95. The topological polar surface area (TPSA) is 113 Å². The van der Waals surface area contributed by atoms with E-state index >= 15 is 0 Å². The number of nitrogens with zero attached hydrogens (tertiary/aromatic N) is 3. The van der Waals surface area contributed by atoms with Crippen molar-refractivity contribution >= 4 is 49.8 Å². The summed E-state index contributed by atoms with van der Waals surface area (Å²) in [5, 5.41) is 23.1. The Labute approximate surface area is 183 Å². The van der Waals surface area contributed by atoms with Gasteiger partial charge in [-0.05, 0) is 45.8 Å². The first-order chi connectivity index (χ1) is 14.4. The van der Waals surface area contributed by atoms with Gasteiger partial charge in [0.2, 0.25) is 0 Å². The lowest BCUT2D eigenvalue weighted by molar-refractivity contribution is -0.132. The minimum Gasteiger partial charge on any atom is -0.507 e. The number of thiazole rings is 1. The Morgan fingerprint density at radius 3 is 2.60 bits per heavy atom. The molecule has 0 aliphatic carbocycles. The van der Waals surface area contributed by atoms with Crippen molar-refractivity contribution in [2.24, 2.45) is 0 Å². The van der Waals surface area contributed by atoms with Crippen LogP contribution in [0, 0.1) is 0 Å². The molecule has 3 aromatic rings. The Morgan fingerprint density at radius 1 is 1.23 bits per heavy atom. The first-order valence-corrected chi connectivity index (χ1v) is 10.3. The second kappa shape index (κ2) is 7.88. The number of carbonyl (C=O) groups excluding carboxylic acids is 2. The highest BCUT2D eigenvalue weighted by atomic mass is 79.9. The van der Waals surface area contributed by atoms with Gasteiger partial charge >= 0.3 is 5.91 Å². The number of phenols is 1. The maximum Gasteiger partial charge on any atom is 0.301 e. The van der Waals surface area contributed by atoms with E-state index in [0.717, 1.165) is 0 Å². The maximum atomic E-state index is 13.0. The minimum absolute atomic E-state index is 0.0963. The summed E-state index contributed by atoms with van der Waals surface area (Å²) in [7, 11) is 1.39. The second-order valence-corrected chi connectivity index (χ2v) is 8.00. The Morgan fingerprint density at radius 2 is 1.97 bits per heavy atom. The molecule has 1 aromatic carbocycles. The Balaban J connectivity index is 1.99. The molecular weight excluding hydrogens is 474 g/mol. The lowest BCUT2D eigenvalue weighted by Gasteiger charge is -2.24. The van der Waals surface area contributed by atoms with E-state index in [1.165, 1.54) is 60.1 Å². The number of rotatable bonds is 4. The van der Waals surface area contributed by atoms with Crippen LogP contribution in [-0.2, 0) is 9.59 Å². The van der Waals surface area contributed by atoms with Gasteiger partial charge < -0.3 is 14.9 Å². The van der Waals surface area contributed by atoms with Crippen LogP contribution in [0.3, 0.4) is 0 Å². The van der Waals surface area contributed by atoms with Crippen LogP contribution in [0.4, 0.5) is 5.13 Å². The van der Waals surface area contributed by atoms with E-state index in [-0.39, 0.29) is 22.8 Å². The third-order valence-electron chi connectivity index (χ3n) is 4.61. The van der Waals surface area contributed by atoms with Crippen molar-refractivity contribution in [3.8, 4) is 11.5 Å². The molecule has 1 aliphatic rings. The van der Waals surface area contributed by atoms with Gasteiger partial charge in [-0.1, -0.05) is 0 Å². The summed E-state index contributed by atoms with van der Waals surface area (Å²) >= 11 is 4.45. The number of pyridine rings is 1. The van der Waals surface area contributed by atoms with Gasteiger partial charge in [0.05, 0.1) is 23.2 Å². The largest absolute Gasteiger partial charge is 0.507 e. The Kier molecular flexibility index (Phi) is 5.27. The average molecular weight is 488 g/mol. The van der Waals surface area contributed by atoms with Crippen molar-refractivity contribution in [2.45, 2.75) is 6.04 Å². The molecule has 1 aliphatic heterocycles. The van der Waals surface area contributed by atoms with Crippen LogP contribution in [0.5, 0.6) is 11.5 Å². The number of methoxy groups -OCH3 is 1. The number of aromatic nitrogens is 2. The molecule has 3 heterocycles. The van der Waals surface area contributed by atoms with Crippen molar-refractivity contribution in [3.63, 3.8) is 0 Å². The fraction of sp³-hybridized carbons (Fsp3) is 0.100. The molecule has 0 radical (unpaired) electrons. The molecule has 1 amide bonds. The molecule has 1 fully saturated rings. The minimum atomic E-state index is -0.977. The molecule has 152 valence electrons. The summed E-state index contributed by atoms with van der Waals surface area (Å²) in [6.45, 7) is 0. The van der Waals surface area contributed by atoms with Crippen LogP contribution in [-0.4, -0.2) is 39.0 Å². The summed E-state index contributed by atoms with van der Waals surface area (Å²) in [5.74, 6) is -1.96. The van der Waals surface area contributed by atoms with E-state index in [0.29, 0.717) is 20.7 Å². The number of aromatic hydroxyl groups is 1. The summed E-state index contributed by atoms with van der Waals surface area (Å²) in [5.41, 5.74) is 0.694. The molecule has 0 bridgehead atoms. The summed E-state index contributed by atoms with van der Waals surface area (Å²) in [4.78, 5) is 35.2. The first kappa shape index (κ1) is 20.0. The molecule has 2 N–H and O–H groups in total. The fourth-order valence-corrected chi connectivity index (χ4v) is 4.38. The zero-order valence-corrected chi connectivity index (χ0v) is 17.8. The number of carbonyl (C=O) groups is 2. The number of Topliss-reactive ketones (excluding diaryl/α,β-unsaturated/α-hetero) is 1. The van der Waals surface area contributed by atoms with E-state index in [1.54, 1.807) is 11.4 Å². The van der Waals surface area contributed by atoms with E-state index in [9.17, 15) is 19.8 Å². The molecule has 0 saturated carbocycles. The number of hydrogen-bond acceptors (Lipinski definition) is 8. The molecule has 2 aromatic heterocycles. The number of ether oxygens (including phenoxy) is 1. The number of halogens is 1. The standard InChI is InChI=1S/C20H14BrN3O5S/c1-29-13-9-11(8-12(21)17(13)26)15-14(16(25)10-2-4-22-5-3-10)18(27)19(28)24(15)20-23-6-7-30-20/h2-9,15,25-26H,1H3/b16-14+. The van der Waals surface area contributed by atoms with Gasteiger partial charge in [0.15, 0.2) is 16.6 Å². The normalized spacial score (nSPS) is 18.1. The molecule has 0 spiro atoms. The van der Waals surface area contributed by atoms with E-state index in [2.05, 4.69) is 25.9 Å². The van der Waals surface area contributed by atoms with Gasteiger partial charge in [0, 0.05) is 29.5 Å². The highest BCUT2D eigenvalue weighted by Crippen LogP contribution is 2.46. The maximum absolute atomic E-state index is 13.0. The highest BCUT2D eigenvalue weighted by molar-refractivity contribution is 9.10. The number of ketones is 1. The van der Waals surface area contributed by atoms with Crippen molar-refractivity contribution in [3.05, 3.63) is 69.4 Å². The number of amides is 1. The number of anilines is 1. The number of aliphatic hydroxyl groups is 1. The van der Waals surface area contributed by atoms with Gasteiger partial charge in [-0.3, -0.25) is 19.5 Å². The molecule has 4 rings (SSSR count). The van der Waals surface area contributed by atoms with Crippen LogP contribution in [0.15, 0.2) is 58.3 Å².